The number of hydrogen-bond donors (Lipinski definition) is 2. The first-order valence-electron chi connectivity index (χ1n) is 8.19. The van der Waals surface area contributed by atoms with E-state index < -0.39 is 0 Å². The molecule has 4 nitrogen and oxygen atoms in total. The average Bonchev–Trinajstić information content (AvgIpc) is 2.61. The minimum absolute atomic E-state index is 0. The summed E-state index contributed by atoms with van der Waals surface area (Å²) in [4.78, 5) is 12.0. The van der Waals surface area contributed by atoms with E-state index in [2.05, 4.69) is 28.8 Å². The number of nitrogens with one attached hydrogen (secondary N) is 2. The molecule has 0 saturated carbocycles. The third-order valence-corrected chi connectivity index (χ3v) is 4.45. The summed E-state index contributed by atoms with van der Waals surface area (Å²) in [5.41, 5.74) is 2.63. The summed E-state index contributed by atoms with van der Waals surface area (Å²) in [7, 11) is 0. The lowest BCUT2D eigenvalue weighted by Crippen LogP contribution is -2.39. The summed E-state index contributed by atoms with van der Waals surface area (Å²) in [5, 5.41) is 6.99. The lowest BCUT2D eigenvalue weighted by Gasteiger charge is -2.27. The molecule has 25 heavy (non-hydrogen) atoms. The number of carbonyl (C=O) groups is 1. The van der Waals surface area contributed by atoms with E-state index in [4.69, 9.17) is 16.3 Å². The zero-order chi connectivity index (χ0) is 16.8. The number of carbonyl (C=O) groups excluding carboxylic acids is 1. The van der Waals surface area contributed by atoms with Gasteiger partial charge in [-0.3, -0.25) is 4.79 Å². The highest BCUT2D eigenvalue weighted by Crippen LogP contribution is 2.23. The van der Waals surface area contributed by atoms with Crippen LogP contribution in [0.1, 0.15) is 23.6 Å². The molecule has 1 atom stereocenters. The number of ether oxygens (including phenoxy) is 1. The Hall–Kier alpha value is -1.75. The number of para-hydroxylation sites is 1. The zero-order valence-electron chi connectivity index (χ0n) is 13.8. The van der Waals surface area contributed by atoms with Gasteiger partial charge in [0.05, 0.1) is 18.1 Å². The zero-order valence-corrected chi connectivity index (χ0v) is 15.4. The van der Waals surface area contributed by atoms with Crippen molar-refractivity contribution in [2.45, 2.75) is 18.9 Å². The number of fused-ring (bicyclic) bond motifs is 1. The first-order chi connectivity index (χ1) is 11.7. The molecule has 1 aliphatic rings. The van der Waals surface area contributed by atoms with Crippen LogP contribution in [0.25, 0.3) is 0 Å². The van der Waals surface area contributed by atoms with E-state index >= 15 is 0 Å². The third kappa shape index (κ3) is 5.36. The van der Waals surface area contributed by atoms with E-state index in [1.165, 1.54) is 11.1 Å². The maximum absolute atomic E-state index is 12.0. The van der Waals surface area contributed by atoms with Gasteiger partial charge in [-0.15, -0.1) is 12.4 Å². The minimum atomic E-state index is -0.0214. The second-order valence-electron chi connectivity index (χ2n) is 5.79. The fraction of sp³-hybridized carbons (Fsp3) is 0.316. The highest BCUT2D eigenvalue weighted by Gasteiger charge is 2.19. The van der Waals surface area contributed by atoms with Crippen molar-refractivity contribution in [1.82, 2.24) is 10.6 Å². The molecule has 6 heteroatoms. The first kappa shape index (κ1) is 19.6. The molecule has 3 rings (SSSR count). The summed E-state index contributed by atoms with van der Waals surface area (Å²) in [5.74, 6) is 0.585. The van der Waals surface area contributed by atoms with Gasteiger partial charge in [0.25, 0.3) is 0 Å². The molecule has 1 aliphatic heterocycles. The lowest BCUT2D eigenvalue weighted by atomic mass is 9.94. The molecule has 1 heterocycles. The van der Waals surface area contributed by atoms with E-state index in [-0.39, 0.29) is 24.4 Å². The smallest absolute Gasteiger partial charge is 0.223 e. The van der Waals surface area contributed by atoms with Crippen molar-refractivity contribution in [3.8, 4) is 5.75 Å². The largest absolute Gasteiger partial charge is 0.491 e. The van der Waals surface area contributed by atoms with Crippen LogP contribution >= 0.6 is 24.0 Å². The van der Waals surface area contributed by atoms with Gasteiger partial charge < -0.3 is 15.4 Å². The van der Waals surface area contributed by atoms with Gasteiger partial charge in [0, 0.05) is 12.6 Å². The molecule has 0 fully saturated rings. The van der Waals surface area contributed by atoms with E-state index in [1.807, 2.05) is 18.2 Å². The van der Waals surface area contributed by atoms with Crippen LogP contribution in [0.4, 0.5) is 0 Å². The van der Waals surface area contributed by atoms with Crippen molar-refractivity contribution >= 4 is 29.9 Å². The Balaban J connectivity index is 0.00000225. The Kier molecular flexibility index (Phi) is 7.56. The van der Waals surface area contributed by atoms with E-state index in [0.29, 0.717) is 30.3 Å². The van der Waals surface area contributed by atoms with Crippen LogP contribution in [-0.4, -0.2) is 25.6 Å². The Morgan fingerprint density at radius 2 is 1.96 bits per heavy atom. The lowest BCUT2D eigenvalue weighted by molar-refractivity contribution is -0.121. The SMILES string of the molecule is Cl.O=C(CCOc1ccccc1Cl)NCC1NCCc2ccccc21. The molecule has 1 unspecified atom stereocenters. The molecular formula is C19H22Cl2N2O2. The van der Waals surface area contributed by atoms with E-state index in [1.54, 1.807) is 12.1 Å². The molecule has 0 aromatic heterocycles. The fourth-order valence-corrected chi connectivity index (χ4v) is 3.09. The van der Waals surface area contributed by atoms with Crippen molar-refractivity contribution in [3.05, 3.63) is 64.7 Å². The molecule has 1 amide bonds. The summed E-state index contributed by atoms with van der Waals surface area (Å²) in [6.45, 7) is 1.83. The van der Waals surface area contributed by atoms with Crippen LogP contribution in [0.2, 0.25) is 5.02 Å². The van der Waals surface area contributed by atoms with Gasteiger partial charge in [-0.25, -0.2) is 0 Å². The Morgan fingerprint density at radius 3 is 2.80 bits per heavy atom. The van der Waals surface area contributed by atoms with Gasteiger partial charge in [0.2, 0.25) is 5.91 Å². The predicted octanol–water partition coefficient (Wildman–Crippen LogP) is 3.53. The minimum Gasteiger partial charge on any atom is -0.491 e. The van der Waals surface area contributed by atoms with Crippen LogP contribution in [0, 0.1) is 0 Å². The van der Waals surface area contributed by atoms with Gasteiger partial charge >= 0.3 is 0 Å². The normalized spacial score (nSPS) is 15.6. The van der Waals surface area contributed by atoms with E-state index in [0.717, 1.165) is 13.0 Å². The summed E-state index contributed by atoms with van der Waals surface area (Å²) in [6, 6.07) is 15.8. The standard InChI is InChI=1S/C19H21ClN2O2.ClH/c20-16-7-3-4-8-18(16)24-12-10-19(23)22-13-17-15-6-2-1-5-14(15)9-11-21-17;/h1-8,17,21H,9-13H2,(H,22,23);1H. The highest BCUT2D eigenvalue weighted by molar-refractivity contribution is 6.32. The van der Waals surface area contributed by atoms with Crippen molar-refractivity contribution < 1.29 is 9.53 Å². The van der Waals surface area contributed by atoms with Crippen LogP contribution in [0.15, 0.2) is 48.5 Å². The quantitative estimate of drug-likeness (QED) is 0.805. The number of halogens is 2. The summed E-state index contributed by atoms with van der Waals surface area (Å²) in [6.07, 6.45) is 1.34. The molecule has 0 saturated heterocycles. The molecule has 2 aromatic rings. The monoisotopic (exact) mass is 380 g/mol. The molecular weight excluding hydrogens is 359 g/mol. The molecule has 2 N–H and O–H groups in total. The average molecular weight is 381 g/mol. The molecule has 2 aromatic carbocycles. The predicted molar refractivity (Wildman–Crippen MR) is 103 cm³/mol. The molecule has 134 valence electrons. The maximum atomic E-state index is 12.0. The Labute approximate surface area is 159 Å². The van der Waals surface area contributed by atoms with Crippen molar-refractivity contribution in [3.63, 3.8) is 0 Å². The molecule has 0 bridgehead atoms. The molecule has 0 spiro atoms. The van der Waals surface area contributed by atoms with Gasteiger partial charge in [-0.2, -0.15) is 0 Å². The van der Waals surface area contributed by atoms with E-state index in [9.17, 15) is 4.79 Å². The topological polar surface area (TPSA) is 50.4 Å². The van der Waals surface area contributed by atoms with Gasteiger partial charge in [-0.1, -0.05) is 48.0 Å². The summed E-state index contributed by atoms with van der Waals surface area (Å²) >= 11 is 6.02. The van der Waals surface area contributed by atoms with Gasteiger partial charge in [0.15, 0.2) is 0 Å². The highest BCUT2D eigenvalue weighted by atomic mass is 35.5. The fourth-order valence-electron chi connectivity index (χ4n) is 2.89. The number of benzene rings is 2. The van der Waals surface area contributed by atoms with Gasteiger partial charge in [0.1, 0.15) is 5.75 Å². The number of rotatable bonds is 6. The Morgan fingerprint density at radius 1 is 1.20 bits per heavy atom. The van der Waals surface area contributed by atoms with Crippen LogP contribution in [-0.2, 0) is 11.2 Å². The van der Waals surface area contributed by atoms with Crippen LogP contribution in [0.3, 0.4) is 0 Å². The van der Waals surface area contributed by atoms with Crippen LogP contribution in [0.5, 0.6) is 5.75 Å². The van der Waals surface area contributed by atoms with Crippen molar-refractivity contribution in [2.75, 3.05) is 19.7 Å². The first-order valence-corrected chi connectivity index (χ1v) is 8.57. The number of amides is 1. The maximum Gasteiger partial charge on any atom is 0.223 e. The molecule has 0 radical (unpaired) electrons. The second-order valence-corrected chi connectivity index (χ2v) is 6.20. The van der Waals surface area contributed by atoms with Gasteiger partial charge in [-0.05, 0) is 36.2 Å². The van der Waals surface area contributed by atoms with Crippen LogP contribution < -0.4 is 15.4 Å². The molecule has 0 aliphatic carbocycles. The Bertz CT molecular complexity index is 709. The second kappa shape index (κ2) is 9.66. The van der Waals surface area contributed by atoms with Crippen molar-refractivity contribution in [2.24, 2.45) is 0 Å². The third-order valence-electron chi connectivity index (χ3n) is 4.14. The number of hydrogen-bond acceptors (Lipinski definition) is 3. The van der Waals surface area contributed by atoms with Crippen molar-refractivity contribution in [1.29, 1.82) is 0 Å². The summed E-state index contributed by atoms with van der Waals surface area (Å²) < 4.78 is 5.55.